The number of carboxylic acids is 1. The lowest BCUT2D eigenvalue weighted by Crippen LogP contribution is -2.06. The Bertz CT molecular complexity index is 526. The maximum atomic E-state index is 10.7. The summed E-state index contributed by atoms with van der Waals surface area (Å²) in [5, 5.41) is 8.77. The van der Waals surface area contributed by atoms with Crippen molar-refractivity contribution in [3.05, 3.63) is 54.1 Å². The van der Waals surface area contributed by atoms with Gasteiger partial charge in [-0.2, -0.15) is 0 Å². The van der Waals surface area contributed by atoms with Gasteiger partial charge in [0.2, 0.25) is 0 Å². The molecule has 0 bridgehead atoms. The minimum absolute atomic E-state index is 0.160. The molecule has 5 nitrogen and oxygen atoms in total. The SMILES string of the molecule is CC(Oc1cccnc1)c1ccc(C(=O)O)cn1. The van der Waals surface area contributed by atoms with Gasteiger partial charge in [-0.3, -0.25) is 9.97 Å². The zero-order valence-electron chi connectivity index (χ0n) is 9.78. The van der Waals surface area contributed by atoms with E-state index in [0.717, 1.165) is 0 Å². The molecule has 2 aromatic rings. The second-order valence-electron chi connectivity index (χ2n) is 3.73. The number of nitrogens with zero attached hydrogens (tertiary/aromatic N) is 2. The van der Waals surface area contributed by atoms with Crippen LogP contribution in [0, 0.1) is 0 Å². The summed E-state index contributed by atoms with van der Waals surface area (Å²) in [6, 6.07) is 6.73. The second kappa shape index (κ2) is 5.27. The Morgan fingerprint density at radius 3 is 2.72 bits per heavy atom. The largest absolute Gasteiger partial charge is 0.483 e. The molecule has 0 fully saturated rings. The van der Waals surface area contributed by atoms with Gasteiger partial charge in [-0.05, 0) is 31.2 Å². The Morgan fingerprint density at radius 2 is 2.17 bits per heavy atom. The number of aromatic nitrogens is 2. The lowest BCUT2D eigenvalue weighted by Gasteiger charge is -2.13. The van der Waals surface area contributed by atoms with E-state index in [1.165, 1.54) is 12.3 Å². The van der Waals surface area contributed by atoms with Crippen LogP contribution in [0.15, 0.2) is 42.9 Å². The molecule has 2 aromatic heterocycles. The van der Waals surface area contributed by atoms with Gasteiger partial charge in [0.15, 0.2) is 0 Å². The number of hydrogen-bond donors (Lipinski definition) is 1. The average Bonchev–Trinajstić information content (AvgIpc) is 2.40. The van der Waals surface area contributed by atoms with Gasteiger partial charge in [0.05, 0.1) is 17.5 Å². The monoisotopic (exact) mass is 244 g/mol. The smallest absolute Gasteiger partial charge is 0.337 e. The number of carbonyl (C=O) groups is 1. The first-order chi connectivity index (χ1) is 8.66. The first-order valence-corrected chi connectivity index (χ1v) is 5.43. The van der Waals surface area contributed by atoms with E-state index in [2.05, 4.69) is 9.97 Å². The molecule has 0 saturated carbocycles. The van der Waals surface area contributed by atoms with Crippen LogP contribution in [-0.2, 0) is 0 Å². The summed E-state index contributed by atoms with van der Waals surface area (Å²) in [6.07, 6.45) is 4.33. The molecule has 2 heterocycles. The van der Waals surface area contributed by atoms with Gasteiger partial charge in [0, 0.05) is 12.4 Å². The Labute approximate surface area is 104 Å². The van der Waals surface area contributed by atoms with Crippen molar-refractivity contribution >= 4 is 5.97 Å². The Kier molecular flexibility index (Phi) is 3.52. The third-order valence-corrected chi connectivity index (χ3v) is 2.40. The summed E-state index contributed by atoms with van der Waals surface area (Å²) < 4.78 is 5.63. The molecular weight excluding hydrogens is 232 g/mol. The van der Waals surface area contributed by atoms with Crippen LogP contribution in [0.2, 0.25) is 0 Å². The van der Waals surface area contributed by atoms with Gasteiger partial charge in [-0.15, -0.1) is 0 Å². The molecule has 0 aliphatic heterocycles. The third kappa shape index (κ3) is 2.82. The lowest BCUT2D eigenvalue weighted by molar-refractivity contribution is 0.0696. The van der Waals surface area contributed by atoms with Crippen LogP contribution >= 0.6 is 0 Å². The van der Waals surface area contributed by atoms with Gasteiger partial charge < -0.3 is 9.84 Å². The van der Waals surface area contributed by atoms with Gasteiger partial charge >= 0.3 is 5.97 Å². The zero-order chi connectivity index (χ0) is 13.0. The van der Waals surface area contributed by atoms with Crippen LogP contribution in [0.4, 0.5) is 0 Å². The van der Waals surface area contributed by atoms with E-state index >= 15 is 0 Å². The van der Waals surface area contributed by atoms with E-state index in [1.807, 2.05) is 6.92 Å². The number of ether oxygens (including phenoxy) is 1. The summed E-state index contributed by atoms with van der Waals surface area (Å²) >= 11 is 0. The molecule has 0 aromatic carbocycles. The minimum atomic E-state index is -0.991. The van der Waals surface area contributed by atoms with Crippen molar-refractivity contribution in [2.45, 2.75) is 13.0 Å². The van der Waals surface area contributed by atoms with E-state index in [0.29, 0.717) is 11.4 Å². The molecule has 0 radical (unpaired) electrons. The first-order valence-electron chi connectivity index (χ1n) is 5.43. The fourth-order valence-corrected chi connectivity index (χ4v) is 1.45. The Balaban J connectivity index is 2.09. The zero-order valence-corrected chi connectivity index (χ0v) is 9.78. The summed E-state index contributed by atoms with van der Waals surface area (Å²) in [5.74, 6) is -0.344. The highest BCUT2D eigenvalue weighted by atomic mass is 16.5. The highest BCUT2D eigenvalue weighted by molar-refractivity contribution is 5.87. The molecule has 0 aliphatic carbocycles. The third-order valence-electron chi connectivity index (χ3n) is 2.40. The number of aromatic carboxylic acids is 1. The molecule has 0 spiro atoms. The number of rotatable bonds is 4. The highest BCUT2D eigenvalue weighted by Gasteiger charge is 2.10. The van der Waals surface area contributed by atoms with E-state index in [9.17, 15) is 4.79 Å². The molecule has 2 rings (SSSR count). The van der Waals surface area contributed by atoms with Crippen molar-refractivity contribution in [2.24, 2.45) is 0 Å². The van der Waals surface area contributed by atoms with Crippen LogP contribution in [0.5, 0.6) is 5.75 Å². The number of carboxylic acid groups (broad SMARTS) is 1. The molecule has 92 valence electrons. The predicted molar refractivity (Wildman–Crippen MR) is 64.5 cm³/mol. The fourth-order valence-electron chi connectivity index (χ4n) is 1.45. The molecule has 18 heavy (non-hydrogen) atoms. The molecule has 0 amide bonds. The summed E-state index contributed by atoms with van der Waals surface area (Å²) in [6.45, 7) is 1.84. The van der Waals surface area contributed by atoms with Crippen LogP contribution in [0.3, 0.4) is 0 Å². The average molecular weight is 244 g/mol. The van der Waals surface area contributed by atoms with E-state index in [-0.39, 0.29) is 11.7 Å². The standard InChI is InChI=1S/C13H12N2O3/c1-9(18-11-3-2-6-14-8-11)12-5-4-10(7-15-12)13(16)17/h2-9H,1H3,(H,16,17). The second-order valence-corrected chi connectivity index (χ2v) is 3.73. The minimum Gasteiger partial charge on any atom is -0.483 e. The van der Waals surface area contributed by atoms with Gasteiger partial charge in [0.1, 0.15) is 11.9 Å². The van der Waals surface area contributed by atoms with Gasteiger partial charge in [0.25, 0.3) is 0 Å². The molecule has 5 heteroatoms. The molecule has 1 N–H and O–H groups in total. The molecular formula is C13H12N2O3. The Morgan fingerprint density at radius 1 is 1.33 bits per heavy atom. The summed E-state index contributed by atoms with van der Waals surface area (Å²) in [5.41, 5.74) is 0.830. The van der Waals surface area contributed by atoms with E-state index in [4.69, 9.17) is 9.84 Å². The topological polar surface area (TPSA) is 72.3 Å². The van der Waals surface area contributed by atoms with E-state index in [1.54, 1.807) is 30.6 Å². The van der Waals surface area contributed by atoms with Gasteiger partial charge in [-0.1, -0.05) is 0 Å². The van der Waals surface area contributed by atoms with Crippen LogP contribution < -0.4 is 4.74 Å². The molecule has 1 unspecified atom stereocenters. The molecule has 0 aliphatic rings. The van der Waals surface area contributed by atoms with Crippen molar-refractivity contribution in [2.75, 3.05) is 0 Å². The van der Waals surface area contributed by atoms with Crippen molar-refractivity contribution in [1.82, 2.24) is 9.97 Å². The normalized spacial score (nSPS) is 11.8. The highest BCUT2D eigenvalue weighted by Crippen LogP contribution is 2.19. The Hall–Kier alpha value is -2.43. The van der Waals surface area contributed by atoms with Crippen LogP contribution in [-0.4, -0.2) is 21.0 Å². The van der Waals surface area contributed by atoms with E-state index < -0.39 is 5.97 Å². The number of pyridine rings is 2. The molecule has 1 atom stereocenters. The predicted octanol–water partition coefficient (Wildman–Crippen LogP) is 2.31. The first kappa shape index (κ1) is 12.0. The van der Waals surface area contributed by atoms with Crippen molar-refractivity contribution in [1.29, 1.82) is 0 Å². The fraction of sp³-hybridized carbons (Fsp3) is 0.154. The van der Waals surface area contributed by atoms with Crippen LogP contribution in [0.25, 0.3) is 0 Å². The molecule has 0 saturated heterocycles. The lowest BCUT2D eigenvalue weighted by atomic mass is 10.2. The van der Waals surface area contributed by atoms with Crippen molar-refractivity contribution in [3.63, 3.8) is 0 Å². The summed E-state index contributed by atoms with van der Waals surface area (Å²) in [4.78, 5) is 18.7. The summed E-state index contributed by atoms with van der Waals surface area (Å²) in [7, 11) is 0. The van der Waals surface area contributed by atoms with Crippen LogP contribution in [0.1, 0.15) is 29.1 Å². The maximum absolute atomic E-state index is 10.7. The van der Waals surface area contributed by atoms with Crippen molar-refractivity contribution < 1.29 is 14.6 Å². The quantitative estimate of drug-likeness (QED) is 0.893. The van der Waals surface area contributed by atoms with Crippen molar-refractivity contribution in [3.8, 4) is 5.75 Å². The maximum Gasteiger partial charge on any atom is 0.337 e. The van der Waals surface area contributed by atoms with Gasteiger partial charge in [-0.25, -0.2) is 4.79 Å². The number of hydrogen-bond acceptors (Lipinski definition) is 4.